The van der Waals surface area contributed by atoms with Crippen LogP contribution in [0.1, 0.15) is 19.4 Å². The fourth-order valence-electron chi connectivity index (χ4n) is 1.51. The molecule has 0 fully saturated rings. The van der Waals surface area contributed by atoms with Crippen molar-refractivity contribution < 1.29 is 4.79 Å². The Morgan fingerprint density at radius 2 is 2.00 bits per heavy atom. The van der Waals surface area contributed by atoms with Crippen LogP contribution in [0.2, 0.25) is 5.02 Å². The Hall–Kier alpha value is -1.53. The summed E-state index contributed by atoms with van der Waals surface area (Å²) in [5, 5.41) is 9.33. The van der Waals surface area contributed by atoms with Gasteiger partial charge in [-0.2, -0.15) is 5.26 Å². The lowest BCUT2D eigenvalue weighted by molar-refractivity contribution is -0.131. The highest BCUT2D eigenvalue weighted by Gasteiger charge is 2.16. The predicted octanol–water partition coefficient (Wildman–Crippen LogP) is 2.64. The van der Waals surface area contributed by atoms with Gasteiger partial charge < -0.3 is 4.90 Å². The summed E-state index contributed by atoms with van der Waals surface area (Å²) in [4.78, 5) is 13.5. The van der Waals surface area contributed by atoms with E-state index in [2.05, 4.69) is 0 Å². The molecule has 0 saturated carbocycles. The molecule has 1 aromatic carbocycles. The molecule has 0 aliphatic heterocycles. The number of rotatable bonds is 4. The summed E-state index contributed by atoms with van der Waals surface area (Å²) in [5.41, 5.74) is 0.906. The molecule has 0 saturated heterocycles. The number of halogens is 1. The highest BCUT2D eigenvalue weighted by atomic mass is 35.5. The van der Waals surface area contributed by atoms with Crippen molar-refractivity contribution in [2.24, 2.45) is 0 Å². The zero-order valence-electron chi connectivity index (χ0n) is 9.98. The summed E-state index contributed by atoms with van der Waals surface area (Å²) < 4.78 is 0. The van der Waals surface area contributed by atoms with Crippen molar-refractivity contribution >= 4 is 17.5 Å². The number of benzene rings is 1. The number of nitriles is 1. The SMILES string of the molecule is CC(C)N(CC#N)C(=O)Cc1ccc(Cl)cc1. The molecule has 4 heteroatoms. The van der Waals surface area contributed by atoms with E-state index >= 15 is 0 Å². The van der Waals surface area contributed by atoms with E-state index in [-0.39, 0.29) is 18.5 Å². The minimum Gasteiger partial charge on any atom is -0.327 e. The fraction of sp³-hybridized carbons (Fsp3) is 0.385. The number of carbonyl (C=O) groups excluding carboxylic acids is 1. The zero-order valence-corrected chi connectivity index (χ0v) is 10.7. The maximum absolute atomic E-state index is 12.0. The molecule has 1 amide bonds. The monoisotopic (exact) mass is 250 g/mol. The van der Waals surface area contributed by atoms with Gasteiger partial charge in [-0.1, -0.05) is 23.7 Å². The molecular formula is C13H15ClN2O. The maximum atomic E-state index is 12.0. The number of hydrogen-bond acceptors (Lipinski definition) is 2. The molecule has 0 aromatic heterocycles. The Balaban J connectivity index is 2.70. The highest BCUT2D eigenvalue weighted by Crippen LogP contribution is 2.11. The van der Waals surface area contributed by atoms with Crippen molar-refractivity contribution in [3.63, 3.8) is 0 Å². The molecule has 0 unspecified atom stereocenters. The van der Waals surface area contributed by atoms with Crippen LogP contribution < -0.4 is 0 Å². The van der Waals surface area contributed by atoms with Gasteiger partial charge in [0.15, 0.2) is 0 Å². The second-order valence-corrected chi connectivity index (χ2v) is 4.51. The Labute approximate surface area is 107 Å². The number of nitrogens with zero attached hydrogens (tertiary/aromatic N) is 2. The summed E-state index contributed by atoms with van der Waals surface area (Å²) >= 11 is 5.77. The number of amides is 1. The van der Waals surface area contributed by atoms with E-state index in [0.717, 1.165) is 5.56 Å². The van der Waals surface area contributed by atoms with E-state index in [1.165, 1.54) is 0 Å². The molecule has 0 aliphatic carbocycles. The lowest BCUT2D eigenvalue weighted by Gasteiger charge is -2.23. The molecule has 0 atom stereocenters. The molecule has 0 heterocycles. The summed E-state index contributed by atoms with van der Waals surface area (Å²) in [6.45, 7) is 3.93. The van der Waals surface area contributed by atoms with E-state index in [1.54, 1.807) is 17.0 Å². The van der Waals surface area contributed by atoms with Crippen LogP contribution in [0.3, 0.4) is 0 Å². The minimum absolute atomic E-state index is 0.0365. The van der Waals surface area contributed by atoms with Gasteiger partial charge in [0.05, 0.1) is 12.5 Å². The van der Waals surface area contributed by atoms with Gasteiger partial charge in [0.25, 0.3) is 0 Å². The second kappa shape index (κ2) is 6.27. The first-order chi connectivity index (χ1) is 8.04. The average molecular weight is 251 g/mol. The van der Waals surface area contributed by atoms with Gasteiger partial charge in [0, 0.05) is 11.1 Å². The average Bonchev–Trinajstić information content (AvgIpc) is 2.28. The Morgan fingerprint density at radius 1 is 1.41 bits per heavy atom. The lowest BCUT2D eigenvalue weighted by atomic mass is 10.1. The standard InChI is InChI=1S/C13H15ClN2O/c1-10(2)16(8-7-15)13(17)9-11-3-5-12(14)6-4-11/h3-6,10H,8-9H2,1-2H3. The van der Waals surface area contributed by atoms with Crippen LogP contribution in [0.5, 0.6) is 0 Å². The number of carbonyl (C=O) groups is 1. The normalized spacial score (nSPS) is 10.1. The van der Waals surface area contributed by atoms with Crippen LogP contribution in [-0.4, -0.2) is 23.4 Å². The van der Waals surface area contributed by atoms with Crippen LogP contribution in [0.15, 0.2) is 24.3 Å². The van der Waals surface area contributed by atoms with Gasteiger partial charge in [-0.15, -0.1) is 0 Å². The Morgan fingerprint density at radius 3 is 2.47 bits per heavy atom. The molecule has 1 aromatic rings. The first-order valence-electron chi connectivity index (χ1n) is 5.45. The minimum atomic E-state index is -0.0381. The van der Waals surface area contributed by atoms with Crippen LogP contribution in [0.4, 0.5) is 0 Å². The number of hydrogen-bond donors (Lipinski definition) is 0. The first-order valence-corrected chi connectivity index (χ1v) is 5.83. The fourth-order valence-corrected chi connectivity index (χ4v) is 1.64. The predicted molar refractivity (Wildman–Crippen MR) is 67.6 cm³/mol. The van der Waals surface area contributed by atoms with Crippen molar-refractivity contribution in [3.8, 4) is 6.07 Å². The van der Waals surface area contributed by atoms with Crippen molar-refractivity contribution in [1.82, 2.24) is 4.90 Å². The third-order valence-electron chi connectivity index (χ3n) is 2.45. The van der Waals surface area contributed by atoms with E-state index in [9.17, 15) is 4.79 Å². The van der Waals surface area contributed by atoms with E-state index in [4.69, 9.17) is 16.9 Å². The van der Waals surface area contributed by atoms with Crippen molar-refractivity contribution in [2.45, 2.75) is 26.3 Å². The van der Waals surface area contributed by atoms with E-state index < -0.39 is 0 Å². The van der Waals surface area contributed by atoms with Gasteiger partial charge in [-0.3, -0.25) is 4.79 Å². The summed E-state index contributed by atoms with van der Waals surface area (Å²) in [5.74, 6) is -0.0381. The summed E-state index contributed by atoms with van der Waals surface area (Å²) in [6.07, 6.45) is 0.303. The largest absolute Gasteiger partial charge is 0.327 e. The molecule has 0 spiro atoms. The van der Waals surface area contributed by atoms with Crippen molar-refractivity contribution in [2.75, 3.05) is 6.54 Å². The smallest absolute Gasteiger partial charge is 0.228 e. The summed E-state index contributed by atoms with van der Waals surface area (Å²) in [7, 11) is 0. The molecule has 90 valence electrons. The van der Waals surface area contributed by atoms with Gasteiger partial charge in [0.1, 0.15) is 6.54 Å². The molecule has 0 bridgehead atoms. The summed E-state index contributed by atoms with van der Waals surface area (Å²) in [6, 6.07) is 9.21. The van der Waals surface area contributed by atoms with Crippen molar-refractivity contribution in [3.05, 3.63) is 34.9 Å². The quantitative estimate of drug-likeness (QED) is 0.771. The molecule has 0 aliphatic rings. The van der Waals surface area contributed by atoms with Gasteiger partial charge in [-0.25, -0.2) is 0 Å². The molecule has 0 radical (unpaired) electrons. The molecule has 17 heavy (non-hydrogen) atoms. The van der Waals surface area contributed by atoms with E-state index in [0.29, 0.717) is 11.4 Å². The molecule has 3 nitrogen and oxygen atoms in total. The molecular weight excluding hydrogens is 236 g/mol. The Bertz CT molecular complexity index is 420. The van der Waals surface area contributed by atoms with Crippen molar-refractivity contribution in [1.29, 1.82) is 5.26 Å². The van der Waals surface area contributed by atoms with Gasteiger partial charge >= 0.3 is 0 Å². The van der Waals surface area contributed by atoms with Gasteiger partial charge in [0.2, 0.25) is 5.91 Å². The lowest BCUT2D eigenvalue weighted by Crippen LogP contribution is -2.38. The highest BCUT2D eigenvalue weighted by molar-refractivity contribution is 6.30. The van der Waals surface area contributed by atoms with E-state index in [1.807, 2.05) is 32.0 Å². The van der Waals surface area contributed by atoms with Crippen LogP contribution in [0, 0.1) is 11.3 Å². The van der Waals surface area contributed by atoms with Crippen LogP contribution >= 0.6 is 11.6 Å². The third kappa shape index (κ3) is 4.08. The van der Waals surface area contributed by atoms with Crippen LogP contribution in [-0.2, 0) is 11.2 Å². The maximum Gasteiger partial charge on any atom is 0.228 e. The topological polar surface area (TPSA) is 44.1 Å². The molecule has 0 N–H and O–H groups in total. The second-order valence-electron chi connectivity index (χ2n) is 4.08. The third-order valence-corrected chi connectivity index (χ3v) is 2.71. The Kier molecular flexibility index (Phi) is 4.99. The van der Waals surface area contributed by atoms with Gasteiger partial charge in [-0.05, 0) is 31.5 Å². The molecule has 1 rings (SSSR count). The van der Waals surface area contributed by atoms with Crippen LogP contribution in [0.25, 0.3) is 0 Å². The first kappa shape index (κ1) is 13.5. The zero-order chi connectivity index (χ0) is 12.8.